The molecule has 0 bridgehead atoms. The molecular weight excluding hydrogens is 395 g/mol. The molecule has 1 atom stereocenters. The number of piperidine rings is 2. The number of aromatic nitrogens is 2. The summed E-state index contributed by atoms with van der Waals surface area (Å²) in [5.41, 5.74) is 5.69. The van der Waals surface area contributed by atoms with E-state index in [-0.39, 0.29) is 17.8 Å². The molecule has 9 heteroatoms. The molecule has 0 saturated carbocycles. The van der Waals surface area contributed by atoms with Crippen LogP contribution in [0.1, 0.15) is 36.8 Å². The summed E-state index contributed by atoms with van der Waals surface area (Å²) in [6.45, 7) is 3.48. The first-order chi connectivity index (χ1) is 14.3. The zero-order valence-electron chi connectivity index (χ0n) is 16.8. The maximum absolute atomic E-state index is 13.4. The molecule has 2 fully saturated rings. The lowest BCUT2D eigenvalue weighted by Crippen LogP contribution is -2.49. The Balaban J connectivity index is 1.39. The fourth-order valence-corrected chi connectivity index (χ4v) is 4.94. The van der Waals surface area contributed by atoms with Crippen LogP contribution in [0.25, 0.3) is 10.9 Å². The van der Waals surface area contributed by atoms with Crippen molar-refractivity contribution in [1.29, 1.82) is 0 Å². The van der Waals surface area contributed by atoms with Gasteiger partial charge in [0.1, 0.15) is 0 Å². The monoisotopic (exact) mass is 423 g/mol. The van der Waals surface area contributed by atoms with Crippen LogP contribution in [-0.4, -0.2) is 53.2 Å². The Hall–Kier alpha value is -2.13. The number of H-pyrrole nitrogens is 1. The predicted molar refractivity (Wildman–Crippen MR) is 108 cm³/mol. The highest BCUT2D eigenvalue weighted by Gasteiger charge is 2.35. The van der Waals surface area contributed by atoms with Gasteiger partial charge in [-0.05, 0) is 74.7 Å². The third-order valence-corrected chi connectivity index (χ3v) is 6.59. The van der Waals surface area contributed by atoms with Crippen LogP contribution in [0.15, 0.2) is 18.3 Å². The number of nitrogens with zero attached hydrogens (tertiary/aromatic N) is 2. The van der Waals surface area contributed by atoms with Crippen molar-refractivity contribution in [3.8, 4) is 0 Å². The molecule has 2 aliphatic heterocycles. The van der Waals surface area contributed by atoms with E-state index in [1.165, 1.54) is 19.0 Å². The van der Waals surface area contributed by atoms with Crippen molar-refractivity contribution < 1.29 is 18.0 Å². The molecular formula is C21H28F3N5O. The van der Waals surface area contributed by atoms with Gasteiger partial charge in [0.2, 0.25) is 5.91 Å². The summed E-state index contributed by atoms with van der Waals surface area (Å²) in [5, 5.41) is 9.86. The Kier molecular flexibility index (Phi) is 6.02. The van der Waals surface area contributed by atoms with Gasteiger partial charge in [0.25, 0.3) is 0 Å². The summed E-state index contributed by atoms with van der Waals surface area (Å²) >= 11 is 0. The van der Waals surface area contributed by atoms with E-state index in [0.29, 0.717) is 30.0 Å². The summed E-state index contributed by atoms with van der Waals surface area (Å²) in [5.74, 6) is 1.18. The quantitative estimate of drug-likeness (QED) is 0.706. The Morgan fingerprint density at radius 1 is 1.17 bits per heavy atom. The SMILES string of the molecule is NC(Cc1cc(C(F)(F)F)c2[nH]ncc2c1)C(=O)N1CCC(C2CCNCC2)CC1. The van der Waals surface area contributed by atoms with Crippen LogP contribution < -0.4 is 11.1 Å². The van der Waals surface area contributed by atoms with Crippen LogP contribution in [0.5, 0.6) is 0 Å². The van der Waals surface area contributed by atoms with Crippen molar-refractivity contribution in [2.75, 3.05) is 26.2 Å². The van der Waals surface area contributed by atoms with Crippen molar-refractivity contribution >= 4 is 16.8 Å². The Morgan fingerprint density at radius 2 is 1.83 bits per heavy atom. The predicted octanol–water partition coefficient (Wildman–Crippen LogP) is 2.69. The van der Waals surface area contributed by atoms with Gasteiger partial charge < -0.3 is 16.0 Å². The maximum atomic E-state index is 13.4. The number of carbonyl (C=O) groups excluding carboxylic acids is 1. The number of likely N-dealkylation sites (tertiary alicyclic amines) is 1. The summed E-state index contributed by atoms with van der Waals surface area (Å²) in [7, 11) is 0. The lowest BCUT2D eigenvalue weighted by atomic mass is 9.79. The lowest BCUT2D eigenvalue weighted by Gasteiger charge is -2.38. The van der Waals surface area contributed by atoms with E-state index in [2.05, 4.69) is 15.5 Å². The molecule has 30 heavy (non-hydrogen) atoms. The van der Waals surface area contributed by atoms with Crippen molar-refractivity contribution in [3.63, 3.8) is 0 Å². The molecule has 1 aromatic heterocycles. The van der Waals surface area contributed by atoms with E-state index < -0.39 is 17.8 Å². The number of carbonyl (C=O) groups is 1. The molecule has 4 rings (SSSR count). The summed E-state index contributed by atoms with van der Waals surface area (Å²) in [6.07, 6.45) is 1.24. The van der Waals surface area contributed by atoms with Gasteiger partial charge in [-0.25, -0.2) is 0 Å². The Bertz CT molecular complexity index is 882. The number of amides is 1. The minimum absolute atomic E-state index is 0.0499. The summed E-state index contributed by atoms with van der Waals surface area (Å²) < 4.78 is 40.2. The third-order valence-electron chi connectivity index (χ3n) is 6.59. The van der Waals surface area contributed by atoms with Crippen LogP contribution in [-0.2, 0) is 17.4 Å². The lowest BCUT2D eigenvalue weighted by molar-refractivity contribution is -0.136. The number of benzene rings is 1. The van der Waals surface area contributed by atoms with Crippen molar-refractivity contribution in [3.05, 3.63) is 29.5 Å². The minimum atomic E-state index is -4.51. The van der Waals surface area contributed by atoms with Gasteiger partial charge in [0.05, 0.1) is 23.3 Å². The molecule has 1 aromatic carbocycles. The van der Waals surface area contributed by atoms with E-state index in [1.54, 1.807) is 11.0 Å². The van der Waals surface area contributed by atoms with E-state index in [9.17, 15) is 18.0 Å². The Labute approximate surface area is 173 Å². The molecule has 1 amide bonds. The molecule has 2 aromatic rings. The second-order valence-corrected chi connectivity index (χ2v) is 8.54. The molecule has 1 unspecified atom stereocenters. The molecule has 0 spiro atoms. The van der Waals surface area contributed by atoms with Gasteiger partial charge in [-0.15, -0.1) is 0 Å². The fourth-order valence-electron chi connectivity index (χ4n) is 4.94. The second-order valence-electron chi connectivity index (χ2n) is 8.54. The van der Waals surface area contributed by atoms with Crippen LogP contribution in [0.4, 0.5) is 13.2 Å². The number of rotatable bonds is 4. The van der Waals surface area contributed by atoms with Crippen molar-refractivity contribution in [2.24, 2.45) is 17.6 Å². The smallest absolute Gasteiger partial charge is 0.341 e. The van der Waals surface area contributed by atoms with Gasteiger partial charge in [-0.3, -0.25) is 9.89 Å². The average molecular weight is 423 g/mol. The van der Waals surface area contributed by atoms with E-state index >= 15 is 0 Å². The molecule has 164 valence electrons. The first-order valence-corrected chi connectivity index (χ1v) is 10.6. The first-order valence-electron chi connectivity index (χ1n) is 10.6. The summed E-state index contributed by atoms with van der Waals surface area (Å²) in [4.78, 5) is 14.6. The van der Waals surface area contributed by atoms with E-state index in [4.69, 9.17) is 5.73 Å². The number of aromatic amines is 1. The maximum Gasteiger partial charge on any atom is 0.418 e. The molecule has 6 nitrogen and oxygen atoms in total. The number of alkyl halides is 3. The van der Waals surface area contributed by atoms with Crippen LogP contribution in [0.3, 0.4) is 0 Å². The highest BCUT2D eigenvalue weighted by molar-refractivity contribution is 5.84. The number of hydrogen-bond acceptors (Lipinski definition) is 4. The minimum Gasteiger partial charge on any atom is -0.341 e. The molecule has 4 N–H and O–H groups in total. The Morgan fingerprint density at radius 3 is 2.50 bits per heavy atom. The largest absolute Gasteiger partial charge is 0.418 e. The highest BCUT2D eigenvalue weighted by atomic mass is 19.4. The highest BCUT2D eigenvalue weighted by Crippen LogP contribution is 2.35. The zero-order chi connectivity index (χ0) is 21.3. The molecule has 0 aliphatic carbocycles. The first kappa shape index (κ1) is 21.1. The van der Waals surface area contributed by atoms with Crippen molar-refractivity contribution in [1.82, 2.24) is 20.4 Å². The molecule has 2 saturated heterocycles. The van der Waals surface area contributed by atoms with Gasteiger partial charge in [-0.1, -0.05) is 0 Å². The molecule has 3 heterocycles. The standard InChI is InChI=1S/C21H28F3N5O/c22-21(23,24)17-10-13(9-16-12-27-28-19(16)17)11-18(25)20(30)29-7-3-15(4-8-29)14-1-5-26-6-2-14/h9-10,12,14-15,18,26H,1-8,11,25H2,(H,27,28). The number of hydrogen-bond donors (Lipinski definition) is 3. The number of halogens is 3. The zero-order valence-corrected chi connectivity index (χ0v) is 16.8. The topological polar surface area (TPSA) is 87.0 Å². The number of fused-ring (bicyclic) bond motifs is 1. The molecule has 0 radical (unpaired) electrons. The van der Waals surface area contributed by atoms with Gasteiger partial charge in [0.15, 0.2) is 0 Å². The molecule has 2 aliphatic rings. The summed E-state index contributed by atoms with van der Waals surface area (Å²) in [6, 6.07) is 1.83. The normalized spacial score (nSPS) is 20.6. The third kappa shape index (κ3) is 4.46. The van der Waals surface area contributed by atoms with Crippen LogP contribution >= 0.6 is 0 Å². The van der Waals surface area contributed by atoms with E-state index in [0.717, 1.165) is 37.9 Å². The average Bonchev–Trinajstić information content (AvgIpc) is 3.21. The van der Waals surface area contributed by atoms with Crippen LogP contribution in [0, 0.1) is 11.8 Å². The van der Waals surface area contributed by atoms with Gasteiger partial charge >= 0.3 is 6.18 Å². The number of nitrogens with two attached hydrogens (primary N) is 1. The number of nitrogens with one attached hydrogen (secondary N) is 2. The van der Waals surface area contributed by atoms with Gasteiger partial charge in [-0.2, -0.15) is 18.3 Å². The van der Waals surface area contributed by atoms with E-state index in [1.807, 2.05) is 0 Å². The van der Waals surface area contributed by atoms with Crippen molar-refractivity contribution in [2.45, 2.75) is 44.3 Å². The van der Waals surface area contributed by atoms with Crippen LogP contribution in [0.2, 0.25) is 0 Å². The second kappa shape index (κ2) is 8.55. The fraction of sp³-hybridized carbons (Fsp3) is 0.619. The van der Waals surface area contributed by atoms with Gasteiger partial charge in [0, 0.05) is 18.5 Å².